The van der Waals surface area contributed by atoms with E-state index in [1.54, 1.807) is 0 Å². The first-order chi connectivity index (χ1) is 4.95. The van der Waals surface area contributed by atoms with Crippen molar-refractivity contribution in [2.24, 2.45) is 0 Å². The van der Waals surface area contributed by atoms with Crippen LogP contribution < -0.4 is 5.32 Å². The summed E-state index contributed by atoms with van der Waals surface area (Å²) in [6.45, 7) is 8.08. The maximum atomic E-state index is 11.1. The van der Waals surface area contributed by atoms with Gasteiger partial charge in [-0.25, -0.2) is 0 Å². The quantitative estimate of drug-likeness (QED) is 0.667. The molecule has 0 atom stereocenters. The molecule has 0 saturated heterocycles. The monoisotopic (exact) mass is 157 g/mol. The van der Waals surface area contributed by atoms with Gasteiger partial charge >= 0.3 is 0 Å². The number of carbonyl (C=O) groups excluding carboxylic acids is 1. The fourth-order valence-corrected chi connectivity index (χ4v) is 0.818. The van der Waals surface area contributed by atoms with Gasteiger partial charge in [0.1, 0.15) is 0 Å². The van der Waals surface area contributed by atoms with Crippen LogP contribution in [0.1, 0.15) is 47.0 Å². The second-order valence-electron chi connectivity index (χ2n) is 3.90. The van der Waals surface area contributed by atoms with Gasteiger partial charge < -0.3 is 5.32 Å². The minimum absolute atomic E-state index is 0.0785. The first kappa shape index (κ1) is 10.5. The van der Waals surface area contributed by atoms with Gasteiger partial charge in [0, 0.05) is 12.0 Å². The molecule has 0 aliphatic carbocycles. The van der Waals surface area contributed by atoms with Crippen molar-refractivity contribution in [3.8, 4) is 0 Å². The van der Waals surface area contributed by atoms with E-state index < -0.39 is 0 Å². The Morgan fingerprint density at radius 1 is 1.36 bits per heavy atom. The molecule has 2 nitrogen and oxygen atoms in total. The molecule has 0 saturated carbocycles. The van der Waals surface area contributed by atoms with Crippen molar-refractivity contribution >= 4 is 5.91 Å². The Balaban J connectivity index is 3.53. The predicted octanol–water partition coefficient (Wildman–Crippen LogP) is 2.09. The molecule has 0 unspecified atom stereocenters. The summed E-state index contributed by atoms with van der Waals surface area (Å²) < 4.78 is 0. The highest BCUT2D eigenvalue weighted by Gasteiger charge is 2.12. The zero-order valence-electron chi connectivity index (χ0n) is 8.03. The Kier molecular flexibility index (Phi) is 4.16. The SMILES string of the molecule is CCCCC(=O)NC(C)(C)C. The molecule has 0 aromatic rings. The van der Waals surface area contributed by atoms with Crippen molar-refractivity contribution in [2.45, 2.75) is 52.5 Å². The average molecular weight is 157 g/mol. The van der Waals surface area contributed by atoms with Crippen LogP contribution in [0.4, 0.5) is 0 Å². The summed E-state index contributed by atoms with van der Waals surface area (Å²) in [5.74, 6) is 0.166. The topological polar surface area (TPSA) is 29.1 Å². The van der Waals surface area contributed by atoms with Crippen molar-refractivity contribution in [2.75, 3.05) is 0 Å². The molecule has 0 aliphatic rings. The van der Waals surface area contributed by atoms with E-state index in [0.717, 1.165) is 12.8 Å². The summed E-state index contributed by atoms with van der Waals surface area (Å²) >= 11 is 0. The molecule has 1 N–H and O–H groups in total. The van der Waals surface area contributed by atoms with E-state index in [9.17, 15) is 4.79 Å². The van der Waals surface area contributed by atoms with E-state index in [4.69, 9.17) is 0 Å². The highest BCUT2D eigenvalue weighted by molar-refractivity contribution is 5.76. The van der Waals surface area contributed by atoms with Crippen LogP contribution in [0.5, 0.6) is 0 Å². The fraction of sp³-hybridized carbons (Fsp3) is 0.889. The normalized spacial score (nSPS) is 11.3. The lowest BCUT2D eigenvalue weighted by atomic mass is 10.1. The molecule has 0 bridgehead atoms. The minimum atomic E-state index is -0.0785. The van der Waals surface area contributed by atoms with E-state index in [1.165, 1.54) is 0 Å². The van der Waals surface area contributed by atoms with Crippen molar-refractivity contribution in [1.82, 2.24) is 5.32 Å². The molecule has 0 heterocycles. The number of hydrogen-bond donors (Lipinski definition) is 1. The third-order valence-electron chi connectivity index (χ3n) is 1.27. The number of unbranched alkanes of at least 4 members (excludes halogenated alkanes) is 1. The molecular formula is C9H19NO. The van der Waals surface area contributed by atoms with Crippen LogP contribution in [-0.2, 0) is 4.79 Å². The molecule has 0 spiro atoms. The lowest BCUT2D eigenvalue weighted by molar-refractivity contribution is -0.122. The Bertz CT molecular complexity index is 124. The van der Waals surface area contributed by atoms with Crippen molar-refractivity contribution in [3.63, 3.8) is 0 Å². The van der Waals surface area contributed by atoms with Crippen LogP contribution in [0.3, 0.4) is 0 Å². The van der Waals surface area contributed by atoms with Crippen LogP contribution in [-0.4, -0.2) is 11.4 Å². The van der Waals surface area contributed by atoms with E-state index >= 15 is 0 Å². The Hall–Kier alpha value is -0.530. The summed E-state index contributed by atoms with van der Waals surface area (Å²) in [7, 11) is 0. The van der Waals surface area contributed by atoms with Gasteiger partial charge in [-0.2, -0.15) is 0 Å². The number of rotatable bonds is 3. The van der Waals surface area contributed by atoms with Gasteiger partial charge in [0.25, 0.3) is 0 Å². The predicted molar refractivity (Wildman–Crippen MR) is 47.4 cm³/mol. The fourth-order valence-electron chi connectivity index (χ4n) is 0.818. The van der Waals surface area contributed by atoms with Crippen LogP contribution in [0.2, 0.25) is 0 Å². The molecule has 0 aliphatic heterocycles. The first-order valence-corrected chi connectivity index (χ1v) is 4.26. The molecule has 66 valence electrons. The lowest BCUT2D eigenvalue weighted by Gasteiger charge is -2.20. The maximum Gasteiger partial charge on any atom is 0.220 e. The number of amides is 1. The Morgan fingerprint density at radius 2 is 1.91 bits per heavy atom. The van der Waals surface area contributed by atoms with E-state index in [0.29, 0.717) is 6.42 Å². The highest BCUT2D eigenvalue weighted by Crippen LogP contribution is 2.01. The number of carbonyl (C=O) groups is 1. The summed E-state index contributed by atoms with van der Waals surface area (Å²) in [6, 6.07) is 0. The third kappa shape index (κ3) is 7.37. The molecule has 1 amide bonds. The first-order valence-electron chi connectivity index (χ1n) is 4.26. The van der Waals surface area contributed by atoms with Gasteiger partial charge in [0.05, 0.1) is 0 Å². The Labute approximate surface area is 69.4 Å². The molecule has 0 aromatic heterocycles. The van der Waals surface area contributed by atoms with Crippen LogP contribution in [0, 0.1) is 0 Å². The highest BCUT2D eigenvalue weighted by atomic mass is 16.1. The second kappa shape index (κ2) is 4.37. The Morgan fingerprint density at radius 3 is 2.27 bits per heavy atom. The molecule has 2 heteroatoms. The van der Waals surface area contributed by atoms with Crippen LogP contribution in [0.15, 0.2) is 0 Å². The van der Waals surface area contributed by atoms with Crippen LogP contribution >= 0.6 is 0 Å². The summed E-state index contributed by atoms with van der Waals surface area (Å²) in [5, 5.41) is 2.92. The van der Waals surface area contributed by atoms with E-state index in [-0.39, 0.29) is 11.4 Å². The molecule has 0 rings (SSSR count). The smallest absolute Gasteiger partial charge is 0.220 e. The largest absolute Gasteiger partial charge is 0.352 e. The second-order valence-corrected chi connectivity index (χ2v) is 3.90. The number of nitrogens with one attached hydrogen (secondary N) is 1. The van der Waals surface area contributed by atoms with Crippen molar-refractivity contribution in [3.05, 3.63) is 0 Å². The van der Waals surface area contributed by atoms with Crippen molar-refractivity contribution in [1.29, 1.82) is 0 Å². The zero-order valence-corrected chi connectivity index (χ0v) is 8.03. The van der Waals surface area contributed by atoms with Gasteiger partial charge in [-0.15, -0.1) is 0 Å². The van der Waals surface area contributed by atoms with Gasteiger partial charge in [-0.3, -0.25) is 4.79 Å². The zero-order chi connectivity index (χ0) is 8.91. The summed E-state index contributed by atoms with van der Waals surface area (Å²) in [6.07, 6.45) is 2.73. The van der Waals surface area contributed by atoms with Gasteiger partial charge in [-0.05, 0) is 27.2 Å². The lowest BCUT2D eigenvalue weighted by Crippen LogP contribution is -2.40. The van der Waals surface area contributed by atoms with Gasteiger partial charge in [0.15, 0.2) is 0 Å². The van der Waals surface area contributed by atoms with Crippen molar-refractivity contribution < 1.29 is 4.79 Å². The molecular weight excluding hydrogens is 138 g/mol. The third-order valence-corrected chi connectivity index (χ3v) is 1.27. The molecule has 11 heavy (non-hydrogen) atoms. The van der Waals surface area contributed by atoms with E-state index in [1.807, 2.05) is 20.8 Å². The van der Waals surface area contributed by atoms with Gasteiger partial charge in [-0.1, -0.05) is 13.3 Å². The van der Waals surface area contributed by atoms with Crippen LogP contribution in [0.25, 0.3) is 0 Å². The van der Waals surface area contributed by atoms with E-state index in [2.05, 4.69) is 12.2 Å². The summed E-state index contributed by atoms with van der Waals surface area (Å²) in [4.78, 5) is 11.1. The maximum absolute atomic E-state index is 11.1. The summed E-state index contributed by atoms with van der Waals surface area (Å²) in [5.41, 5.74) is -0.0785. The number of hydrogen-bond acceptors (Lipinski definition) is 1. The minimum Gasteiger partial charge on any atom is -0.352 e. The standard InChI is InChI=1S/C9H19NO/c1-5-6-7-8(11)10-9(2,3)4/h5-7H2,1-4H3,(H,10,11). The molecule has 0 aromatic carbocycles. The average Bonchev–Trinajstić information content (AvgIpc) is 1.79. The molecule has 0 radical (unpaired) electrons. The van der Waals surface area contributed by atoms with Gasteiger partial charge in [0.2, 0.25) is 5.91 Å². The molecule has 0 fully saturated rings.